The third-order valence-corrected chi connectivity index (χ3v) is 6.46. The first-order chi connectivity index (χ1) is 11.8. The van der Waals surface area contributed by atoms with Crippen LogP contribution in [0.1, 0.15) is 44.9 Å². The third kappa shape index (κ3) is 3.51. The van der Waals surface area contributed by atoms with E-state index < -0.39 is 0 Å². The van der Waals surface area contributed by atoms with E-state index in [4.69, 9.17) is 0 Å². The van der Waals surface area contributed by atoms with Gasteiger partial charge in [0, 0.05) is 32.3 Å². The van der Waals surface area contributed by atoms with Crippen molar-refractivity contribution in [3.05, 3.63) is 12.4 Å². The SMILES string of the molecule is OCC1CCCN(c2cc(NCCC3CC4CCC3C4)ncn2)C1. The molecule has 0 radical (unpaired) electrons. The van der Waals surface area contributed by atoms with Crippen molar-refractivity contribution < 1.29 is 5.11 Å². The van der Waals surface area contributed by atoms with E-state index in [9.17, 15) is 5.11 Å². The van der Waals surface area contributed by atoms with Crippen molar-refractivity contribution in [1.82, 2.24) is 9.97 Å². The lowest BCUT2D eigenvalue weighted by molar-refractivity contribution is 0.208. The summed E-state index contributed by atoms with van der Waals surface area (Å²) in [6.45, 7) is 3.22. The monoisotopic (exact) mass is 330 g/mol. The van der Waals surface area contributed by atoms with Gasteiger partial charge in [0.05, 0.1) is 0 Å². The molecule has 5 nitrogen and oxygen atoms in total. The second-order valence-corrected chi connectivity index (χ2v) is 8.05. The number of anilines is 2. The average molecular weight is 330 g/mol. The number of fused-ring (bicyclic) bond motifs is 2. The van der Waals surface area contributed by atoms with Gasteiger partial charge in [0.25, 0.3) is 0 Å². The maximum atomic E-state index is 9.40. The van der Waals surface area contributed by atoms with Crippen LogP contribution in [0.4, 0.5) is 11.6 Å². The molecule has 5 heteroatoms. The third-order valence-electron chi connectivity index (χ3n) is 6.46. The standard InChI is InChI=1S/C19H30N4O/c24-12-15-2-1-7-23(11-15)19-10-18(21-13-22-19)20-6-5-17-9-14-3-4-16(17)8-14/h10,13-17,24H,1-9,11-12H2,(H,20,21,22). The topological polar surface area (TPSA) is 61.3 Å². The summed E-state index contributed by atoms with van der Waals surface area (Å²) >= 11 is 0. The van der Waals surface area contributed by atoms with Crippen molar-refractivity contribution in [2.45, 2.75) is 44.9 Å². The zero-order valence-corrected chi connectivity index (χ0v) is 14.5. The Hall–Kier alpha value is -1.36. The molecule has 24 heavy (non-hydrogen) atoms. The normalized spacial score (nSPS) is 32.3. The number of nitrogens with one attached hydrogen (secondary N) is 1. The molecule has 4 atom stereocenters. The zero-order chi connectivity index (χ0) is 16.4. The van der Waals surface area contributed by atoms with Crippen LogP contribution in [0.15, 0.2) is 12.4 Å². The predicted octanol–water partition coefficient (Wildman–Crippen LogP) is 2.92. The van der Waals surface area contributed by atoms with E-state index in [0.29, 0.717) is 5.92 Å². The second kappa shape index (κ2) is 7.26. The number of aliphatic hydroxyl groups is 1. The molecule has 3 aliphatic rings. The molecule has 1 saturated heterocycles. The highest BCUT2D eigenvalue weighted by Gasteiger charge is 2.38. The van der Waals surface area contributed by atoms with Gasteiger partial charge in [-0.1, -0.05) is 6.42 Å². The van der Waals surface area contributed by atoms with Gasteiger partial charge in [-0.05, 0) is 62.2 Å². The molecule has 1 aliphatic heterocycles. The van der Waals surface area contributed by atoms with Gasteiger partial charge in [-0.3, -0.25) is 0 Å². The first kappa shape index (κ1) is 16.1. The lowest BCUT2D eigenvalue weighted by atomic mass is 9.86. The molecule has 0 aromatic carbocycles. The molecule has 2 heterocycles. The van der Waals surface area contributed by atoms with Crippen LogP contribution in [0.3, 0.4) is 0 Å². The molecule has 132 valence electrons. The van der Waals surface area contributed by atoms with Gasteiger partial charge in [-0.15, -0.1) is 0 Å². The number of aromatic nitrogens is 2. The lowest BCUT2D eigenvalue weighted by Gasteiger charge is -2.32. The Bertz CT molecular complexity index is 552. The number of nitrogens with zero attached hydrogens (tertiary/aromatic N) is 3. The molecule has 2 bridgehead atoms. The van der Waals surface area contributed by atoms with Gasteiger partial charge in [-0.2, -0.15) is 0 Å². The minimum Gasteiger partial charge on any atom is -0.396 e. The largest absolute Gasteiger partial charge is 0.396 e. The number of rotatable bonds is 6. The smallest absolute Gasteiger partial charge is 0.134 e. The fraction of sp³-hybridized carbons (Fsp3) is 0.789. The van der Waals surface area contributed by atoms with Crippen LogP contribution in [0.2, 0.25) is 0 Å². The highest BCUT2D eigenvalue weighted by atomic mass is 16.3. The molecular weight excluding hydrogens is 300 g/mol. The van der Waals surface area contributed by atoms with Crippen LogP contribution in [0.25, 0.3) is 0 Å². The Morgan fingerprint density at radius 3 is 2.96 bits per heavy atom. The molecule has 1 aromatic rings. The van der Waals surface area contributed by atoms with Gasteiger partial charge >= 0.3 is 0 Å². The molecule has 0 amide bonds. The van der Waals surface area contributed by atoms with Gasteiger partial charge in [-0.25, -0.2) is 9.97 Å². The second-order valence-electron chi connectivity index (χ2n) is 8.05. The molecule has 4 rings (SSSR count). The molecule has 4 unspecified atom stereocenters. The van der Waals surface area contributed by atoms with Crippen molar-refractivity contribution in [3.8, 4) is 0 Å². The molecule has 2 N–H and O–H groups in total. The number of piperidine rings is 1. The number of aliphatic hydroxyl groups excluding tert-OH is 1. The summed E-state index contributed by atoms with van der Waals surface area (Å²) in [5.74, 6) is 5.28. The Kier molecular flexibility index (Phi) is 4.88. The molecule has 1 aromatic heterocycles. The summed E-state index contributed by atoms with van der Waals surface area (Å²) < 4.78 is 0. The molecule has 0 spiro atoms. The van der Waals surface area contributed by atoms with Crippen LogP contribution < -0.4 is 10.2 Å². The van der Waals surface area contributed by atoms with Gasteiger partial charge < -0.3 is 15.3 Å². The summed E-state index contributed by atoms with van der Waals surface area (Å²) in [6.07, 6.45) is 11.1. The van der Waals surface area contributed by atoms with Crippen molar-refractivity contribution >= 4 is 11.6 Å². The van der Waals surface area contributed by atoms with Crippen LogP contribution in [-0.4, -0.2) is 41.3 Å². The Morgan fingerprint density at radius 2 is 2.17 bits per heavy atom. The zero-order valence-electron chi connectivity index (χ0n) is 14.5. The van der Waals surface area contributed by atoms with E-state index in [1.165, 1.54) is 32.1 Å². The van der Waals surface area contributed by atoms with Gasteiger partial charge in [0.15, 0.2) is 0 Å². The van der Waals surface area contributed by atoms with Crippen molar-refractivity contribution in [1.29, 1.82) is 0 Å². The summed E-state index contributed by atoms with van der Waals surface area (Å²) in [5, 5.41) is 12.9. The maximum Gasteiger partial charge on any atom is 0.134 e. The summed E-state index contributed by atoms with van der Waals surface area (Å²) in [4.78, 5) is 11.1. The van der Waals surface area contributed by atoms with Crippen molar-refractivity contribution in [2.75, 3.05) is 36.5 Å². The van der Waals surface area contributed by atoms with Crippen molar-refractivity contribution in [2.24, 2.45) is 23.7 Å². The fourth-order valence-electron chi connectivity index (χ4n) is 5.15. The summed E-state index contributed by atoms with van der Waals surface area (Å²) in [6, 6.07) is 2.07. The van der Waals surface area contributed by atoms with Crippen LogP contribution >= 0.6 is 0 Å². The minimum atomic E-state index is 0.274. The van der Waals surface area contributed by atoms with E-state index in [2.05, 4.69) is 26.3 Å². The first-order valence-electron chi connectivity index (χ1n) is 9.73. The van der Waals surface area contributed by atoms with E-state index in [1.807, 2.05) is 0 Å². The molecule has 2 saturated carbocycles. The molecular formula is C19H30N4O. The highest BCUT2D eigenvalue weighted by Crippen LogP contribution is 2.49. The summed E-state index contributed by atoms with van der Waals surface area (Å²) in [5.41, 5.74) is 0. The summed E-state index contributed by atoms with van der Waals surface area (Å²) in [7, 11) is 0. The number of hydrogen-bond donors (Lipinski definition) is 2. The average Bonchev–Trinajstić information content (AvgIpc) is 3.25. The van der Waals surface area contributed by atoms with Crippen LogP contribution in [-0.2, 0) is 0 Å². The lowest BCUT2D eigenvalue weighted by Crippen LogP contribution is -2.37. The van der Waals surface area contributed by atoms with E-state index in [0.717, 1.165) is 61.9 Å². The Labute approximate surface area is 144 Å². The van der Waals surface area contributed by atoms with E-state index in [-0.39, 0.29) is 6.61 Å². The minimum absolute atomic E-state index is 0.274. The van der Waals surface area contributed by atoms with Crippen LogP contribution in [0.5, 0.6) is 0 Å². The first-order valence-corrected chi connectivity index (χ1v) is 9.73. The predicted molar refractivity (Wildman–Crippen MR) is 96.1 cm³/mol. The fourth-order valence-corrected chi connectivity index (χ4v) is 5.15. The Morgan fingerprint density at radius 1 is 1.21 bits per heavy atom. The maximum absolute atomic E-state index is 9.40. The Balaban J connectivity index is 1.30. The number of hydrogen-bond acceptors (Lipinski definition) is 5. The van der Waals surface area contributed by atoms with Crippen LogP contribution in [0, 0.1) is 23.7 Å². The quantitative estimate of drug-likeness (QED) is 0.840. The highest BCUT2D eigenvalue weighted by molar-refractivity contribution is 5.48. The van der Waals surface area contributed by atoms with Gasteiger partial charge in [0.2, 0.25) is 0 Å². The van der Waals surface area contributed by atoms with Gasteiger partial charge in [0.1, 0.15) is 18.0 Å². The van der Waals surface area contributed by atoms with E-state index >= 15 is 0 Å². The molecule has 3 fully saturated rings. The molecule has 2 aliphatic carbocycles. The van der Waals surface area contributed by atoms with E-state index in [1.54, 1.807) is 6.33 Å². The van der Waals surface area contributed by atoms with Crippen molar-refractivity contribution in [3.63, 3.8) is 0 Å².